The van der Waals surface area contributed by atoms with Crippen LogP contribution in [0.1, 0.15) is 10.5 Å². The summed E-state index contributed by atoms with van der Waals surface area (Å²) in [6.45, 7) is 0. The van der Waals surface area contributed by atoms with Crippen LogP contribution in [0.4, 0.5) is 5.69 Å². The number of amides is 1. The molecule has 6 heteroatoms. The Kier molecular flexibility index (Phi) is 4.01. The number of aromatic nitrogens is 1. The Bertz CT molecular complexity index is 617. The zero-order chi connectivity index (χ0) is 13.8. The van der Waals surface area contributed by atoms with Crippen LogP contribution in [0.2, 0.25) is 0 Å². The third-order valence-corrected chi connectivity index (χ3v) is 2.88. The highest BCUT2D eigenvalue weighted by molar-refractivity contribution is 9.10. The van der Waals surface area contributed by atoms with Crippen LogP contribution in [-0.4, -0.2) is 17.9 Å². The Labute approximate surface area is 118 Å². The quantitative estimate of drug-likeness (QED) is 0.852. The fourth-order valence-electron chi connectivity index (χ4n) is 1.47. The number of hydrogen-bond acceptors (Lipinski definition) is 4. The normalized spacial score (nSPS) is 10.0. The summed E-state index contributed by atoms with van der Waals surface area (Å²) in [6, 6.07) is 8.54. The van der Waals surface area contributed by atoms with Crippen molar-refractivity contribution >= 4 is 27.5 Å². The second kappa shape index (κ2) is 5.71. The van der Waals surface area contributed by atoms with Gasteiger partial charge in [-0.3, -0.25) is 9.78 Å². The SMILES string of the molecule is CNC(=O)c1cc(Oc2ccc(Br)cc2N)ccn1. The summed E-state index contributed by atoms with van der Waals surface area (Å²) in [5, 5.41) is 2.50. The Morgan fingerprint density at radius 2 is 2.16 bits per heavy atom. The first-order chi connectivity index (χ1) is 9.10. The number of carbonyl (C=O) groups is 1. The van der Waals surface area contributed by atoms with E-state index in [2.05, 4.69) is 26.2 Å². The van der Waals surface area contributed by atoms with Gasteiger partial charge in [0.2, 0.25) is 0 Å². The summed E-state index contributed by atoms with van der Waals surface area (Å²) in [5.74, 6) is 0.758. The summed E-state index contributed by atoms with van der Waals surface area (Å²) in [7, 11) is 1.55. The van der Waals surface area contributed by atoms with Gasteiger partial charge in [-0.1, -0.05) is 15.9 Å². The number of rotatable bonds is 3. The van der Waals surface area contributed by atoms with Gasteiger partial charge < -0.3 is 15.8 Å². The molecule has 0 radical (unpaired) electrons. The molecule has 0 saturated heterocycles. The minimum absolute atomic E-state index is 0.269. The van der Waals surface area contributed by atoms with Gasteiger partial charge >= 0.3 is 0 Å². The van der Waals surface area contributed by atoms with Gasteiger partial charge in [-0.25, -0.2) is 0 Å². The van der Waals surface area contributed by atoms with Crippen LogP contribution in [0.15, 0.2) is 41.0 Å². The molecular weight excluding hydrogens is 310 g/mol. The fourth-order valence-corrected chi connectivity index (χ4v) is 1.84. The van der Waals surface area contributed by atoms with Gasteiger partial charge in [0.15, 0.2) is 0 Å². The van der Waals surface area contributed by atoms with Gasteiger partial charge in [-0.2, -0.15) is 0 Å². The van der Waals surface area contributed by atoms with Crippen molar-refractivity contribution in [1.82, 2.24) is 10.3 Å². The summed E-state index contributed by atoms with van der Waals surface area (Å²) >= 11 is 3.32. The number of benzene rings is 1. The van der Waals surface area contributed by atoms with E-state index in [1.54, 1.807) is 31.3 Å². The highest BCUT2D eigenvalue weighted by atomic mass is 79.9. The van der Waals surface area contributed by atoms with E-state index in [-0.39, 0.29) is 11.6 Å². The summed E-state index contributed by atoms with van der Waals surface area (Å²) < 4.78 is 6.51. The largest absolute Gasteiger partial charge is 0.455 e. The van der Waals surface area contributed by atoms with Gasteiger partial charge in [0, 0.05) is 23.8 Å². The number of hydrogen-bond donors (Lipinski definition) is 2. The first-order valence-corrected chi connectivity index (χ1v) is 6.30. The number of anilines is 1. The molecule has 2 rings (SSSR count). The molecule has 0 aliphatic heterocycles. The Balaban J connectivity index is 2.26. The van der Waals surface area contributed by atoms with Gasteiger partial charge in [0.25, 0.3) is 5.91 Å². The highest BCUT2D eigenvalue weighted by Gasteiger charge is 2.08. The lowest BCUT2D eigenvalue weighted by atomic mass is 10.3. The van der Waals surface area contributed by atoms with Crippen molar-refractivity contribution in [1.29, 1.82) is 0 Å². The molecule has 0 saturated carbocycles. The van der Waals surface area contributed by atoms with Crippen LogP contribution in [0, 0.1) is 0 Å². The van der Waals surface area contributed by atoms with E-state index in [4.69, 9.17) is 10.5 Å². The lowest BCUT2D eigenvalue weighted by molar-refractivity contribution is 0.0958. The number of nitrogens with one attached hydrogen (secondary N) is 1. The van der Waals surface area contributed by atoms with Gasteiger partial charge in [-0.15, -0.1) is 0 Å². The van der Waals surface area contributed by atoms with Crippen molar-refractivity contribution < 1.29 is 9.53 Å². The number of ether oxygens (including phenoxy) is 1. The van der Waals surface area contributed by atoms with Crippen LogP contribution >= 0.6 is 15.9 Å². The van der Waals surface area contributed by atoms with Gasteiger partial charge in [0.05, 0.1) is 5.69 Å². The van der Waals surface area contributed by atoms with E-state index < -0.39 is 0 Å². The molecule has 1 amide bonds. The first kappa shape index (κ1) is 13.4. The molecule has 98 valence electrons. The molecule has 3 N–H and O–H groups in total. The summed E-state index contributed by atoms with van der Waals surface area (Å²) in [4.78, 5) is 15.4. The van der Waals surface area contributed by atoms with Crippen molar-refractivity contribution in [3.63, 3.8) is 0 Å². The molecule has 1 aromatic carbocycles. The Hall–Kier alpha value is -2.08. The van der Waals surface area contributed by atoms with Crippen molar-refractivity contribution in [2.75, 3.05) is 12.8 Å². The predicted octanol–water partition coefficient (Wildman–Crippen LogP) is 2.58. The lowest BCUT2D eigenvalue weighted by Gasteiger charge is -2.09. The lowest BCUT2D eigenvalue weighted by Crippen LogP contribution is -2.18. The molecule has 1 heterocycles. The number of nitrogens with zero attached hydrogens (tertiary/aromatic N) is 1. The van der Waals surface area contributed by atoms with E-state index in [1.807, 2.05) is 6.07 Å². The Morgan fingerprint density at radius 3 is 2.84 bits per heavy atom. The molecule has 19 heavy (non-hydrogen) atoms. The van der Waals surface area contributed by atoms with Crippen LogP contribution in [0.25, 0.3) is 0 Å². The zero-order valence-corrected chi connectivity index (χ0v) is 11.8. The number of halogens is 1. The van der Waals surface area contributed by atoms with E-state index in [9.17, 15) is 4.79 Å². The minimum Gasteiger partial charge on any atom is -0.455 e. The Morgan fingerprint density at radius 1 is 1.37 bits per heavy atom. The van der Waals surface area contributed by atoms with Crippen LogP contribution in [-0.2, 0) is 0 Å². The fraction of sp³-hybridized carbons (Fsp3) is 0.0769. The molecular formula is C13H12BrN3O2. The molecule has 0 spiro atoms. The monoisotopic (exact) mass is 321 g/mol. The van der Waals surface area contributed by atoms with E-state index in [0.717, 1.165) is 4.47 Å². The summed E-state index contributed by atoms with van der Waals surface area (Å²) in [6.07, 6.45) is 1.51. The van der Waals surface area contributed by atoms with Gasteiger partial charge in [0.1, 0.15) is 17.2 Å². The number of nitrogens with two attached hydrogens (primary N) is 1. The minimum atomic E-state index is -0.269. The average molecular weight is 322 g/mol. The molecule has 2 aromatic rings. The van der Waals surface area contributed by atoms with Crippen LogP contribution < -0.4 is 15.8 Å². The third-order valence-electron chi connectivity index (χ3n) is 2.39. The van der Waals surface area contributed by atoms with Crippen molar-refractivity contribution in [2.24, 2.45) is 0 Å². The number of carbonyl (C=O) groups excluding carboxylic acids is 1. The van der Waals surface area contributed by atoms with E-state index >= 15 is 0 Å². The standard InChI is InChI=1S/C13H12BrN3O2/c1-16-13(18)11-7-9(4-5-17-11)19-12-3-2-8(14)6-10(12)15/h2-7H,15H2,1H3,(H,16,18). The molecule has 5 nitrogen and oxygen atoms in total. The van der Waals surface area contributed by atoms with Crippen molar-refractivity contribution in [2.45, 2.75) is 0 Å². The van der Waals surface area contributed by atoms with Crippen molar-refractivity contribution in [3.05, 3.63) is 46.7 Å². The number of pyridine rings is 1. The summed E-state index contributed by atoms with van der Waals surface area (Å²) in [5.41, 5.74) is 6.64. The molecule has 0 bridgehead atoms. The molecule has 0 atom stereocenters. The molecule has 0 aliphatic carbocycles. The first-order valence-electron chi connectivity index (χ1n) is 5.51. The molecule has 0 fully saturated rings. The smallest absolute Gasteiger partial charge is 0.269 e. The topological polar surface area (TPSA) is 77.2 Å². The van der Waals surface area contributed by atoms with E-state index in [0.29, 0.717) is 17.2 Å². The van der Waals surface area contributed by atoms with Crippen molar-refractivity contribution in [3.8, 4) is 11.5 Å². The maximum Gasteiger partial charge on any atom is 0.269 e. The zero-order valence-electron chi connectivity index (χ0n) is 10.2. The van der Waals surface area contributed by atoms with E-state index in [1.165, 1.54) is 6.20 Å². The molecule has 0 unspecified atom stereocenters. The molecule has 1 aromatic heterocycles. The average Bonchev–Trinajstić information content (AvgIpc) is 2.41. The van der Waals surface area contributed by atoms with Crippen LogP contribution in [0.3, 0.4) is 0 Å². The second-order valence-electron chi connectivity index (χ2n) is 3.74. The third kappa shape index (κ3) is 3.23. The molecule has 0 aliphatic rings. The predicted molar refractivity (Wildman–Crippen MR) is 76.3 cm³/mol. The number of nitrogen functional groups attached to an aromatic ring is 1. The highest BCUT2D eigenvalue weighted by Crippen LogP contribution is 2.29. The maximum absolute atomic E-state index is 11.5. The van der Waals surface area contributed by atoms with Crippen LogP contribution in [0.5, 0.6) is 11.5 Å². The van der Waals surface area contributed by atoms with Gasteiger partial charge in [-0.05, 0) is 24.3 Å². The maximum atomic E-state index is 11.5. The second-order valence-corrected chi connectivity index (χ2v) is 4.66.